The van der Waals surface area contributed by atoms with Crippen LogP contribution in [0.25, 0.3) is 0 Å². The van der Waals surface area contributed by atoms with Crippen molar-refractivity contribution in [1.82, 2.24) is 25.9 Å². The maximum Gasteiger partial charge on any atom is 0.326 e. The van der Waals surface area contributed by atoms with Gasteiger partial charge in [0.25, 0.3) is 0 Å². The number of amides is 5. The van der Waals surface area contributed by atoms with Crippen LogP contribution in [0.1, 0.15) is 18.5 Å². The summed E-state index contributed by atoms with van der Waals surface area (Å²) in [6.07, 6.45) is 1.31. The van der Waals surface area contributed by atoms with Crippen LogP contribution in [0.4, 0.5) is 0 Å². The predicted octanol–water partition coefficient (Wildman–Crippen LogP) is -4.80. The summed E-state index contributed by atoms with van der Waals surface area (Å²) in [5.41, 5.74) is 15.8. The Hall–Kier alpha value is -4.01. The average molecular weight is 440 g/mol. The van der Waals surface area contributed by atoms with Crippen LogP contribution in [0, 0.1) is 0 Å². The fraction of sp³-hybridized carbons (Fsp3) is 0.438. The molecule has 0 aliphatic rings. The van der Waals surface area contributed by atoms with Gasteiger partial charge in [0.1, 0.15) is 18.1 Å². The summed E-state index contributed by atoms with van der Waals surface area (Å²) in [5.74, 6) is -6.15. The van der Waals surface area contributed by atoms with E-state index in [1.54, 1.807) is 0 Å². The highest BCUT2D eigenvalue weighted by atomic mass is 16.4. The molecule has 15 nitrogen and oxygen atoms in total. The Labute approximate surface area is 175 Å². The minimum Gasteiger partial charge on any atom is -0.480 e. The Morgan fingerprint density at radius 2 is 1.48 bits per heavy atom. The van der Waals surface area contributed by atoms with Crippen LogP contribution >= 0.6 is 0 Å². The lowest BCUT2D eigenvalue weighted by atomic mass is 10.1. The highest BCUT2D eigenvalue weighted by Crippen LogP contribution is 2.02. The molecule has 3 atom stereocenters. The smallest absolute Gasteiger partial charge is 0.326 e. The van der Waals surface area contributed by atoms with Crippen LogP contribution in [0.3, 0.4) is 0 Å². The van der Waals surface area contributed by atoms with E-state index >= 15 is 0 Å². The summed E-state index contributed by atoms with van der Waals surface area (Å²) >= 11 is 0. The molecule has 1 rings (SSSR count). The Morgan fingerprint density at radius 3 is 1.97 bits per heavy atom. The zero-order valence-electron chi connectivity index (χ0n) is 16.3. The molecule has 170 valence electrons. The molecule has 0 saturated heterocycles. The second-order valence-electron chi connectivity index (χ2n) is 6.41. The average Bonchev–Trinajstić information content (AvgIpc) is 3.18. The van der Waals surface area contributed by atoms with Gasteiger partial charge in [-0.25, -0.2) is 9.78 Å². The van der Waals surface area contributed by atoms with Crippen LogP contribution in [-0.2, 0) is 35.2 Å². The summed E-state index contributed by atoms with van der Waals surface area (Å²) in [6, 6.07) is -4.48. The molecule has 1 aromatic rings. The Balaban J connectivity index is 2.99. The van der Waals surface area contributed by atoms with Crippen molar-refractivity contribution < 1.29 is 33.9 Å². The molecule has 0 aromatic carbocycles. The van der Waals surface area contributed by atoms with E-state index < -0.39 is 73.0 Å². The van der Waals surface area contributed by atoms with Crippen molar-refractivity contribution in [3.05, 3.63) is 18.2 Å². The van der Waals surface area contributed by atoms with E-state index in [4.69, 9.17) is 22.3 Å². The quantitative estimate of drug-likeness (QED) is 0.146. The van der Waals surface area contributed by atoms with Crippen molar-refractivity contribution in [3.8, 4) is 0 Å². The topological polar surface area (TPSA) is 265 Å². The molecular weight excluding hydrogens is 416 g/mol. The third kappa shape index (κ3) is 8.90. The SMILES string of the molecule is NCC(=O)NC(Cc1cnc[nH]1)C(=O)NC(CC(N)=O)C(=O)NC(CC(N)=O)C(=O)O. The molecule has 0 bridgehead atoms. The second kappa shape index (κ2) is 11.9. The first kappa shape index (κ1) is 25.0. The van der Waals surface area contributed by atoms with E-state index in [1.165, 1.54) is 12.5 Å². The third-order valence-corrected chi connectivity index (χ3v) is 3.87. The van der Waals surface area contributed by atoms with E-state index in [1.807, 2.05) is 5.32 Å². The second-order valence-corrected chi connectivity index (χ2v) is 6.41. The van der Waals surface area contributed by atoms with Crippen molar-refractivity contribution >= 4 is 35.5 Å². The van der Waals surface area contributed by atoms with Crippen LogP contribution in [0.5, 0.6) is 0 Å². The van der Waals surface area contributed by atoms with Crippen LogP contribution in [0.2, 0.25) is 0 Å². The number of hydrogen-bond acceptors (Lipinski definition) is 8. The fourth-order valence-corrected chi connectivity index (χ4v) is 2.44. The lowest BCUT2D eigenvalue weighted by Gasteiger charge is -2.23. The Kier molecular flexibility index (Phi) is 9.58. The zero-order valence-corrected chi connectivity index (χ0v) is 16.3. The largest absolute Gasteiger partial charge is 0.480 e. The maximum absolute atomic E-state index is 12.7. The molecule has 31 heavy (non-hydrogen) atoms. The number of carbonyl (C=O) groups excluding carboxylic acids is 5. The van der Waals surface area contributed by atoms with Crippen molar-refractivity contribution in [2.24, 2.45) is 17.2 Å². The van der Waals surface area contributed by atoms with E-state index in [-0.39, 0.29) is 6.42 Å². The lowest BCUT2D eigenvalue weighted by molar-refractivity contribution is -0.144. The predicted molar refractivity (Wildman–Crippen MR) is 102 cm³/mol. The number of carboxylic acid groups (broad SMARTS) is 1. The number of aromatic amines is 1. The van der Waals surface area contributed by atoms with Gasteiger partial charge in [0, 0.05) is 18.3 Å². The summed E-state index contributed by atoms with van der Waals surface area (Å²) in [7, 11) is 0. The Bertz CT molecular complexity index is 826. The van der Waals surface area contributed by atoms with Crippen molar-refractivity contribution in [1.29, 1.82) is 0 Å². The number of imidazole rings is 1. The van der Waals surface area contributed by atoms with Gasteiger partial charge in [-0.15, -0.1) is 0 Å². The maximum atomic E-state index is 12.7. The number of rotatable bonds is 13. The summed E-state index contributed by atoms with van der Waals surface area (Å²) < 4.78 is 0. The summed E-state index contributed by atoms with van der Waals surface area (Å²) in [5, 5.41) is 15.7. The van der Waals surface area contributed by atoms with Gasteiger partial charge in [0.05, 0.1) is 25.7 Å². The summed E-state index contributed by atoms with van der Waals surface area (Å²) in [6.45, 7) is -0.411. The summed E-state index contributed by atoms with van der Waals surface area (Å²) in [4.78, 5) is 76.9. The minimum atomic E-state index is -1.69. The van der Waals surface area contributed by atoms with Gasteiger partial charge in [-0.1, -0.05) is 0 Å². The van der Waals surface area contributed by atoms with Crippen LogP contribution in [-0.4, -0.2) is 75.2 Å². The third-order valence-electron chi connectivity index (χ3n) is 3.87. The minimum absolute atomic E-state index is 0.0537. The van der Waals surface area contributed by atoms with Gasteiger partial charge in [-0.3, -0.25) is 24.0 Å². The lowest BCUT2D eigenvalue weighted by Crippen LogP contribution is -2.57. The van der Waals surface area contributed by atoms with E-state index in [9.17, 15) is 28.8 Å². The molecular formula is C16H24N8O7. The monoisotopic (exact) mass is 440 g/mol. The first-order valence-electron chi connectivity index (χ1n) is 8.90. The van der Waals surface area contributed by atoms with Crippen molar-refractivity contribution in [2.75, 3.05) is 6.54 Å². The van der Waals surface area contributed by atoms with Gasteiger partial charge in [0.2, 0.25) is 29.5 Å². The number of nitrogens with two attached hydrogens (primary N) is 3. The molecule has 0 saturated carbocycles. The fourth-order valence-electron chi connectivity index (χ4n) is 2.44. The number of carboxylic acids is 1. The van der Waals surface area contributed by atoms with Crippen LogP contribution in [0.15, 0.2) is 12.5 Å². The number of nitrogens with zero attached hydrogens (tertiary/aromatic N) is 1. The van der Waals surface area contributed by atoms with Gasteiger partial charge in [0.15, 0.2) is 0 Å². The molecule has 1 aromatic heterocycles. The molecule has 15 heteroatoms. The van der Waals surface area contributed by atoms with Crippen molar-refractivity contribution in [3.63, 3.8) is 0 Å². The Morgan fingerprint density at radius 1 is 0.935 bits per heavy atom. The first-order chi connectivity index (χ1) is 14.5. The molecule has 0 aliphatic carbocycles. The van der Waals surface area contributed by atoms with Gasteiger partial charge < -0.3 is 43.2 Å². The number of aliphatic carboxylic acids is 1. The number of aromatic nitrogens is 2. The molecule has 0 spiro atoms. The van der Waals surface area contributed by atoms with Gasteiger partial charge in [-0.2, -0.15) is 0 Å². The van der Waals surface area contributed by atoms with Crippen molar-refractivity contribution in [2.45, 2.75) is 37.4 Å². The standard InChI is InChI=1S/C16H24N8O7/c17-4-13(27)22-8(1-7-5-20-6-21-7)14(28)23-9(2-11(18)25)15(29)24-10(16(30)31)3-12(19)26/h5-6,8-10H,1-4,17H2,(H2,18,25)(H2,19,26)(H,20,21)(H,22,27)(H,23,28)(H,24,29)(H,30,31). The molecule has 0 radical (unpaired) electrons. The highest BCUT2D eigenvalue weighted by Gasteiger charge is 2.31. The number of nitrogens with one attached hydrogen (secondary N) is 4. The molecule has 3 unspecified atom stereocenters. The molecule has 0 aliphatic heterocycles. The number of H-pyrrole nitrogens is 1. The van der Waals surface area contributed by atoms with Crippen LogP contribution < -0.4 is 33.2 Å². The van der Waals surface area contributed by atoms with E-state index in [2.05, 4.69) is 20.6 Å². The molecule has 11 N–H and O–H groups in total. The molecule has 0 fully saturated rings. The number of carbonyl (C=O) groups is 6. The van der Waals surface area contributed by atoms with E-state index in [0.717, 1.165) is 0 Å². The highest BCUT2D eigenvalue weighted by molar-refractivity contribution is 5.96. The van der Waals surface area contributed by atoms with E-state index in [0.29, 0.717) is 5.69 Å². The molecule has 5 amide bonds. The first-order valence-corrected chi connectivity index (χ1v) is 8.90. The molecule has 1 heterocycles. The normalized spacial score (nSPS) is 13.3. The van der Waals surface area contributed by atoms with Gasteiger partial charge in [-0.05, 0) is 0 Å². The number of hydrogen-bond donors (Lipinski definition) is 8. The van der Waals surface area contributed by atoms with Gasteiger partial charge >= 0.3 is 5.97 Å². The zero-order chi connectivity index (χ0) is 23.6. The number of primary amides is 2.